The zero-order chi connectivity index (χ0) is 19.5. The second-order valence-corrected chi connectivity index (χ2v) is 8.92. The number of aromatic nitrogens is 2. The molecule has 0 unspecified atom stereocenters. The summed E-state index contributed by atoms with van der Waals surface area (Å²) in [7, 11) is 0. The number of carbonyl (C=O) groups excluding carboxylic acids is 1. The van der Waals surface area contributed by atoms with Crippen LogP contribution < -0.4 is 11.1 Å². The summed E-state index contributed by atoms with van der Waals surface area (Å²) >= 11 is 3.42. The maximum atomic E-state index is 12.0. The van der Waals surface area contributed by atoms with Crippen molar-refractivity contribution < 1.29 is 14.7 Å². The van der Waals surface area contributed by atoms with Crippen LogP contribution in [0.3, 0.4) is 0 Å². The van der Waals surface area contributed by atoms with Crippen LogP contribution in [-0.4, -0.2) is 32.1 Å². The number of nitrogens with zero attached hydrogens (tertiary/aromatic N) is 2. The number of amides is 1. The molecule has 140 valence electrons. The highest BCUT2D eigenvalue weighted by Gasteiger charge is 2.62. The SMILES string of the molecule is CC1(C)[C@](C)(Nc2c(C(N)=O)cnn3cc(Br)cc23)CC[C@]1(C)C(=O)O. The molecule has 1 saturated carbocycles. The number of halogens is 1. The maximum absolute atomic E-state index is 12.0. The molecule has 0 bridgehead atoms. The van der Waals surface area contributed by atoms with Gasteiger partial charge in [0.1, 0.15) is 0 Å². The number of rotatable bonds is 4. The van der Waals surface area contributed by atoms with Gasteiger partial charge < -0.3 is 16.2 Å². The zero-order valence-corrected chi connectivity index (χ0v) is 16.8. The number of hydrogen-bond donors (Lipinski definition) is 3. The van der Waals surface area contributed by atoms with Crippen LogP contribution in [0, 0.1) is 10.8 Å². The molecule has 1 aliphatic rings. The molecule has 0 spiro atoms. The molecule has 26 heavy (non-hydrogen) atoms. The highest BCUT2D eigenvalue weighted by atomic mass is 79.9. The number of nitrogens with two attached hydrogens (primary N) is 1. The van der Waals surface area contributed by atoms with Gasteiger partial charge in [-0.1, -0.05) is 13.8 Å². The topological polar surface area (TPSA) is 110 Å². The fourth-order valence-corrected chi connectivity index (χ4v) is 4.36. The van der Waals surface area contributed by atoms with Gasteiger partial charge in [-0.3, -0.25) is 9.59 Å². The Morgan fingerprint density at radius 1 is 1.31 bits per heavy atom. The molecule has 2 aromatic rings. The predicted octanol–water partition coefficient (Wildman–Crippen LogP) is 3.28. The number of hydrogen-bond acceptors (Lipinski definition) is 4. The molecule has 2 aromatic heterocycles. The van der Waals surface area contributed by atoms with Crippen LogP contribution in [0.2, 0.25) is 0 Å². The Morgan fingerprint density at radius 2 is 1.96 bits per heavy atom. The third-order valence-corrected chi connectivity index (χ3v) is 7.06. The number of anilines is 1. The summed E-state index contributed by atoms with van der Waals surface area (Å²) in [5.74, 6) is -1.39. The number of carbonyl (C=O) groups is 2. The first kappa shape index (κ1) is 18.7. The van der Waals surface area contributed by atoms with Gasteiger partial charge in [-0.05, 0) is 48.7 Å². The fraction of sp³-hybridized carbons (Fsp3) is 0.500. The van der Waals surface area contributed by atoms with Gasteiger partial charge in [-0.25, -0.2) is 4.52 Å². The largest absolute Gasteiger partial charge is 0.481 e. The minimum atomic E-state index is -0.881. The summed E-state index contributed by atoms with van der Waals surface area (Å²) in [6.07, 6.45) is 4.41. The van der Waals surface area contributed by atoms with Crippen molar-refractivity contribution in [2.75, 3.05) is 5.32 Å². The summed E-state index contributed by atoms with van der Waals surface area (Å²) in [6, 6.07) is 1.85. The lowest BCUT2D eigenvalue weighted by Crippen LogP contribution is -2.52. The van der Waals surface area contributed by atoms with Gasteiger partial charge in [-0.15, -0.1) is 0 Å². The molecule has 0 saturated heterocycles. The van der Waals surface area contributed by atoms with Gasteiger partial charge in [0.15, 0.2) is 0 Å². The molecule has 0 radical (unpaired) electrons. The Labute approximate surface area is 160 Å². The van der Waals surface area contributed by atoms with E-state index < -0.39 is 28.2 Å². The number of carboxylic acids is 1. The molecular formula is C18H23BrN4O3. The van der Waals surface area contributed by atoms with E-state index in [0.717, 1.165) is 4.47 Å². The van der Waals surface area contributed by atoms with E-state index >= 15 is 0 Å². The quantitative estimate of drug-likeness (QED) is 0.699. The predicted molar refractivity (Wildman–Crippen MR) is 102 cm³/mol. The zero-order valence-electron chi connectivity index (χ0n) is 15.3. The third kappa shape index (κ3) is 2.42. The van der Waals surface area contributed by atoms with E-state index in [1.54, 1.807) is 17.6 Å². The van der Waals surface area contributed by atoms with Crippen LogP contribution in [0.4, 0.5) is 5.69 Å². The smallest absolute Gasteiger partial charge is 0.309 e. The second-order valence-electron chi connectivity index (χ2n) is 8.00. The molecule has 1 amide bonds. The first-order chi connectivity index (χ1) is 11.9. The van der Waals surface area contributed by atoms with E-state index in [1.807, 2.05) is 26.8 Å². The van der Waals surface area contributed by atoms with E-state index in [0.29, 0.717) is 24.0 Å². The molecule has 2 atom stereocenters. The van der Waals surface area contributed by atoms with Crippen LogP contribution >= 0.6 is 15.9 Å². The lowest BCUT2D eigenvalue weighted by Gasteiger charge is -2.46. The molecule has 7 nitrogen and oxygen atoms in total. The molecular weight excluding hydrogens is 400 g/mol. The van der Waals surface area contributed by atoms with E-state index in [9.17, 15) is 14.7 Å². The molecule has 4 N–H and O–H groups in total. The van der Waals surface area contributed by atoms with E-state index in [2.05, 4.69) is 26.3 Å². The van der Waals surface area contributed by atoms with Crippen molar-refractivity contribution in [2.24, 2.45) is 16.6 Å². The van der Waals surface area contributed by atoms with Crippen LogP contribution in [0.1, 0.15) is 50.9 Å². The first-order valence-corrected chi connectivity index (χ1v) is 9.20. The van der Waals surface area contributed by atoms with Crippen molar-refractivity contribution in [2.45, 2.75) is 46.1 Å². The van der Waals surface area contributed by atoms with Gasteiger partial charge in [0, 0.05) is 21.6 Å². The molecule has 2 heterocycles. The van der Waals surface area contributed by atoms with E-state index in [4.69, 9.17) is 5.73 Å². The average molecular weight is 423 g/mol. The second kappa shape index (κ2) is 5.70. The van der Waals surface area contributed by atoms with Crippen LogP contribution in [0.25, 0.3) is 5.52 Å². The minimum Gasteiger partial charge on any atom is -0.481 e. The van der Waals surface area contributed by atoms with Crippen LogP contribution in [0.15, 0.2) is 22.9 Å². The number of carboxylic acid groups (broad SMARTS) is 1. The highest BCUT2D eigenvalue weighted by Crippen LogP contribution is 2.59. The monoisotopic (exact) mass is 422 g/mol. The van der Waals surface area contributed by atoms with E-state index in [1.165, 1.54) is 6.20 Å². The summed E-state index contributed by atoms with van der Waals surface area (Å²) in [4.78, 5) is 23.9. The molecule has 0 aromatic carbocycles. The molecule has 1 fully saturated rings. The summed E-state index contributed by atoms with van der Waals surface area (Å²) < 4.78 is 2.47. The number of nitrogens with one attached hydrogen (secondary N) is 1. The van der Waals surface area contributed by atoms with Crippen molar-refractivity contribution in [1.82, 2.24) is 9.61 Å². The summed E-state index contributed by atoms with van der Waals surface area (Å²) in [6.45, 7) is 7.70. The maximum Gasteiger partial charge on any atom is 0.309 e. The number of aliphatic carboxylic acids is 1. The van der Waals surface area contributed by atoms with Crippen molar-refractivity contribution in [3.63, 3.8) is 0 Å². The normalized spacial score (nSPS) is 27.6. The summed E-state index contributed by atoms with van der Waals surface area (Å²) in [5.41, 5.74) is 5.11. The minimum absolute atomic E-state index is 0.282. The van der Waals surface area contributed by atoms with Crippen molar-refractivity contribution >= 4 is 39.0 Å². The Bertz CT molecular complexity index is 923. The Balaban J connectivity index is 2.15. The number of fused-ring (bicyclic) bond motifs is 1. The van der Waals surface area contributed by atoms with Crippen LogP contribution in [0.5, 0.6) is 0 Å². The Kier molecular flexibility index (Phi) is 4.10. The van der Waals surface area contributed by atoms with Crippen LogP contribution in [-0.2, 0) is 4.79 Å². The standard InChI is InChI=1S/C18H23BrN4O3/c1-16(2)17(3,15(25)26)5-6-18(16,4)22-13-11(14(20)24)8-21-23-9-10(19)7-12(13)23/h7-9,22H,5-6H2,1-4H3,(H2,20,24)(H,25,26)/t17-,18-/m1/s1. The van der Waals surface area contributed by atoms with Crippen molar-refractivity contribution in [3.05, 3.63) is 28.5 Å². The Morgan fingerprint density at radius 3 is 2.50 bits per heavy atom. The van der Waals surface area contributed by atoms with Gasteiger partial charge in [0.2, 0.25) is 0 Å². The third-order valence-electron chi connectivity index (χ3n) is 6.63. The Hall–Kier alpha value is -2.09. The lowest BCUT2D eigenvalue weighted by molar-refractivity contribution is -0.154. The van der Waals surface area contributed by atoms with Gasteiger partial charge in [0.25, 0.3) is 5.91 Å². The molecule has 8 heteroatoms. The van der Waals surface area contributed by atoms with Gasteiger partial charge in [-0.2, -0.15) is 5.10 Å². The molecule has 3 rings (SSSR count). The average Bonchev–Trinajstić information content (AvgIpc) is 2.99. The van der Waals surface area contributed by atoms with E-state index in [-0.39, 0.29) is 5.56 Å². The fourth-order valence-electron chi connectivity index (χ4n) is 3.95. The first-order valence-electron chi connectivity index (χ1n) is 8.41. The highest BCUT2D eigenvalue weighted by molar-refractivity contribution is 9.10. The van der Waals surface area contributed by atoms with Crippen molar-refractivity contribution in [3.8, 4) is 0 Å². The molecule has 1 aliphatic carbocycles. The lowest BCUT2D eigenvalue weighted by atomic mass is 9.63. The van der Waals surface area contributed by atoms with Gasteiger partial charge in [0.05, 0.1) is 28.4 Å². The number of primary amides is 1. The summed E-state index contributed by atoms with van der Waals surface area (Å²) in [5, 5.41) is 17.5. The van der Waals surface area contributed by atoms with Gasteiger partial charge >= 0.3 is 5.97 Å². The molecule has 0 aliphatic heterocycles. The van der Waals surface area contributed by atoms with Crippen molar-refractivity contribution in [1.29, 1.82) is 0 Å².